The van der Waals surface area contributed by atoms with Gasteiger partial charge in [0.1, 0.15) is 0 Å². The van der Waals surface area contributed by atoms with Crippen LogP contribution in [0.2, 0.25) is 0 Å². The standard InChI is InChI=1S/C16H27N3O3S/c1-18(2)13-14-19(23(3,21)22)12-11-17-16(20)10-9-15-7-5-4-6-8-15/h4-8H,9-14H2,1-3H3,(H,17,20). The Balaban J connectivity index is 2.33. The van der Waals surface area contributed by atoms with Crippen molar-refractivity contribution in [1.82, 2.24) is 14.5 Å². The average Bonchev–Trinajstić information content (AvgIpc) is 2.48. The van der Waals surface area contributed by atoms with Gasteiger partial charge in [0.05, 0.1) is 6.26 Å². The van der Waals surface area contributed by atoms with E-state index in [9.17, 15) is 13.2 Å². The minimum absolute atomic E-state index is 0.0603. The highest BCUT2D eigenvalue weighted by molar-refractivity contribution is 7.88. The van der Waals surface area contributed by atoms with Crippen LogP contribution in [0.25, 0.3) is 0 Å². The average molecular weight is 341 g/mol. The fourth-order valence-corrected chi connectivity index (χ4v) is 2.90. The van der Waals surface area contributed by atoms with E-state index < -0.39 is 10.0 Å². The number of sulfonamides is 1. The van der Waals surface area contributed by atoms with Gasteiger partial charge in [0.15, 0.2) is 0 Å². The molecule has 0 aromatic heterocycles. The lowest BCUT2D eigenvalue weighted by Gasteiger charge is -2.22. The summed E-state index contributed by atoms with van der Waals surface area (Å²) in [6, 6.07) is 9.81. The van der Waals surface area contributed by atoms with E-state index in [4.69, 9.17) is 0 Å². The molecule has 0 aliphatic heterocycles. The maximum absolute atomic E-state index is 11.8. The van der Waals surface area contributed by atoms with Crippen LogP contribution in [0.15, 0.2) is 30.3 Å². The summed E-state index contributed by atoms with van der Waals surface area (Å²) < 4.78 is 24.8. The van der Waals surface area contributed by atoms with Crippen LogP contribution >= 0.6 is 0 Å². The first-order valence-corrected chi connectivity index (χ1v) is 9.54. The molecule has 0 atom stereocenters. The number of carbonyl (C=O) groups is 1. The molecule has 130 valence electrons. The highest BCUT2D eigenvalue weighted by Gasteiger charge is 2.16. The molecule has 1 rings (SSSR count). The van der Waals surface area contributed by atoms with E-state index in [1.54, 1.807) is 0 Å². The van der Waals surface area contributed by atoms with Crippen molar-refractivity contribution in [2.45, 2.75) is 12.8 Å². The first kappa shape index (κ1) is 19.6. The van der Waals surface area contributed by atoms with Gasteiger partial charge in [-0.15, -0.1) is 0 Å². The number of benzene rings is 1. The summed E-state index contributed by atoms with van der Waals surface area (Å²) in [5.41, 5.74) is 1.12. The van der Waals surface area contributed by atoms with Gasteiger partial charge in [-0.05, 0) is 26.1 Å². The van der Waals surface area contributed by atoms with Crippen molar-refractivity contribution in [2.75, 3.05) is 46.5 Å². The Morgan fingerprint density at radius 3 is 2.30 bits per heavy atom. The smallest absolute Gasteiger partial charge is 0.220 e. The molecular formula is C16H27N3O3S. The van der Waals surface area contributed by atoms with Crippen LogP contribution in [0.5, 0.6) is 0 Å². The second-order valence-corrected chi connectivity index (χ2v) is 7.78. The van der Waals surface area contributed by atoms with Crippen molar-refractivity contribution in [1.29, 1.82) is 0 Å². The third kappa shape index (κ3) is 8.68. The number of likely N-dealkylation sites (N-methyl/N-ethyl adjacent to an activating group) is 1. The quantitative estimate of drug-likeness (QED) is 0.675. The Morgan fingerprint density at radius 1 is 1.09 bits per heavy atom. The summed E-state index contributed by atoms with van der Waals surface area (Å²) >= 11 is 0. The Bertz CT molecular complexity index is 573. The molecule has 0 radical (unpaired) electrons. The summed E-state index contributed by atoms with van der Waals surface area (Å²) in [5.74, 6) is -0.0603. The molecule has 1 aromatic carbocycles. The molecule has 0 saturated carbocycles. The number of carbonyl (C=O) groups excluding carboxylic acids is 1. The molecular weight excluding hydrogens is 314 g/mol. The van der Waals surface area contributed by atoms with E-state index in [-0.39, 0.29) is 5.91 Å². The van der Waals surface area contributed by atoms with Crippen LogP contribution in [0.4, 0.5) is 0 Å². The van der Waals surface area contributed by atoms with E-state index in [1.165, 1.54) is 10.6 Å². The van der Waals surface area contributed by atoms with Gasteiger partial charge in [0, 0.05) is 32.6 Å². The van der Waals surface area contributed by atoms with Crippen molar-refractivity contribution >= 4 is 15.9 Å². The van der Waals surface area contributed by atoms with Crippen molar-refractivity contribution in [3.8, 4) is 0 Å². The second-order valence-electron chi connectivity index (χ2n) is 5.80. The normalized spacial score (nSPS) is 11.9. The van der Waals surface area contributed by atoms with Gasteiger partial charge in [0.2, 0.25) is 15.9 Å². The summed E-state index contributed by atoms with van der Waals surface area (Å²) in [4.78, 5) is 13.8. The number of aryl methyl sites for hydroxylation is 1. The van der Waals surface area contributed by atoms with Crippen LogP contribution in [-0.4, -0.2) is 70.1 Å². The number of hydrogen-bond donors (Lipinski definition) is 1. The molecule has 0 unspecified atom stereocenters. The van der Waals surface area contributed by atoms with Gasteiger partial charge in [-0.2, -0.15) is 4.31 Å². The molecule has 0 fully saturated rings. The summed E-state index contributed by atoms with van der Waals surface area (Å²) in [6.07, 6.45) is 2.28. The Morgan fingerprint density at radius 2 is 1.74 bits per heavy atom. The van der Waals surface area contributed by atoms with Crippen LogP contribution < -0.4 is 5.32 Å². The number of nitrogens with one attached hydrogen (secondary N) is 1. The lowest BCUT2D eigenvalue weighted by molar-refractivity contribution is -0.121. The molecule has 1 amide bonds. The first-order valence-electron chi connectivity index (χ1n) is 7.69. The minimum Gasteiger partial charge on any atom is -0.355 e. The summed E-state index contributed by atoms with van der Waals surface area (Å²) in [5, 5.41) is 2.78. The highest BCUT2D eigenvalue weighted by atomic mass is 32.2. The first-order chi connectivity index (χ1) is 10.8. The SMILES string of the molecule is CN(C)CCN(CCNC(=O)CCc1ccccc1)S(C)(=O)=O. The third-order valence-electron chi connectivity index (χ3n) is 3.43. The molecule has 23 heavy (non-hydrogen) atoms. The van der Waals surface area contributed by atoms with Gasteiger partial charge >= 0.3 is 0 Å². The molecule has 0 aliphatic rings. The Kier molecular flexibility index (Phi) is 8.22. The zero-order valence-electron chi connectivity index (χ0n) is 14.2. The van der Waals surface area contributed by atoms with Gasteiger partial charge < -0.3 is 10.2 Å². The highest BCUT2D eigenvalue weighted by Crippen LogP contribution is 2.02. The van der Waals surface area contributed by atoms with E-state index in [0.717, 1.165) is 5.56 Å². The maximum Gasteiger partial charge on any atom is 0.220 e. The zero-order chi connectivity index (χ0) is 17.3. The second kappa shape index (κ2) is 9.64. The molecule has 0 saturated heterocycles. The van der Waals surface area contributed by atoms with E-state index in [1.807, 2.05) is 49.3 Å². The zero-order valence-corrected chi connectivity index (χ0v) is 15.0. The molecule has 0 aliphatic carbocycles. The minimum atomic E-state index is -3.26. The lowest BCUT2D eigenvalue weighted by atomic mass is 10.1. The topological polar surface area (TPSA) is 69.7 Å². The van der Waals surface area contributed by atoms with Crippen LogP contribution in [0.1, 0.15) is 12.0 Å². The maximum atomic E-state index is 11.8. The predicted octanol–water partition coefficient (Wildman–Crippen LogP) is 0.559. The Hall–Kier alpha value is -1.44. The largest absolute Gasteiger partial charge is 0.355 e. The number of hydrogen-bond acceptors (Lipinski definition) is 4. The van der Waals surface area contributed by atoms with Crippen LogP contribution in [-0.2, 0) is 21.2 Å². The van der Waals surface area contributed by atoms with Crippen molar-refractivity contribution in [3.63, 3.8) is 0 Å². The van der Waals surface area contributed by atoms with Crippen molar-refractivity contribution in [3.05, 3.63) is 35.9 Å². The number of amides is 1. The fraction of sp³-hybridized carbons (Fsp3) is 0.562. The molecule has 0 spiro atoms. The molecule has 7 heteroatoms. The number of rotatable bonds is 10. The van der Waals surface area contributed by atoms with Crippen molar-refractivity contribution in [2.24, 2.45) is 0 Å². The van der Waals surface area contributed by atoms with Gasteiger partial charge in [-0.3, -0.25) is 4.79 Å². The molecule has 1 aromatic rings. The molecule has 1 N–H and O–H groups in total. The predicted molar refractivity (Wildman–Crippen MR) is 92.7 cm³/mol. The lowest BCUT2D eigenvalue weighted by Crippen LogP contribution is -2.41. The van der Waals surface area contributed by atoms with Crippen LogP contribution in [0.3, 0.4) is 0 Å². The monoisotopic (exact) mass is 341 g/mol. The number of nitrogens with zero attached hydrogens (tertiary/aromatic N) is 2. The molecule has 0 bridgehead atoms. The van der Waals surface area contributed by atoms with Gasteiger partial charge in [-0.25, -0.2) is 8.42 Å². The molecule has 6 nitrogen and oxygen atoms in total. The van der Waals surface area contributed by atoms with E-state index in [0.29, 0.717) is 39.0 Å². The van der Waals surface area contributed by atoms with Gasteiger partial charge in [0.25, 0.3) is 0 Å². The summed E-state index contributed by atoms with van der Waals surface area (Å²) in [6.45, 7) is 1.69. The summed E-state index contributed by atoms with van der Waals surface area (Å²) in [7, 11) is 0.531. The Labute approximate surface area is 139 Å². The van der Waals surface area contributed by atoms with E-state index in [2.05, 4.69) is 5.32 Å². The van der Waals surface area contributed by atoms with E-state index >= 15 is 0 Å². The van der Waals surface area contributed by atoms with Crippen LogP contribution in [0, 0.1) is 0 Å². The fourth-order valence-electron chi connectivity index (χ4n) is 2.07. The molecule has 0 heterocycles. The van der Waals surface area contributed by atoms with Crippen molar-refractivity contribution < 1.29 is 13.2 Å². The van der Waals surface area contributed by atoms with Gasteiger partial charge in [-0.1, -0.05) is 30.3 Å². The third-order valence-corrected chi connectivity index (χ3v) is 4.74.